The van der Waals surface area contributed by atoms with Gasteiger partial charge in [-0.2, -0.15) is 12.6 Å². The molecule has 0 atom stereocenters. The van der Waals surface area contributed by atoms with E-state index in [1.165, 1.54) is 5.56 Å². The monoisotopic (exact) mass is 225 g/mol. The van der Waals surface area contributed by atoms with Crippen molar-refractivity contribution in [3.63, 3.8) is 0 Å². The van der Waals surface area contributed by atoms with Gasteiger partial charge >= 0.3 is 0 Å². The van der Waals surface area contributed by atoms with Crippen LogP contribution in [0, 0.1) is 0 Å². The summed E-state index contributed by atoms with van der Waals surface area (Å²) in [5.74, 6) is 1.87. The van der Waals surface area contributed by atoms with Gasteiger partial charge in [-0.05, 0) is 43.5 Å². The molecule has 0 unspecified atom stereocenters. The minimum atomic E-state index is 0.914. The fourth-order valence-electron chi connectivity index (χ4n) is 1.46. The van der Waals surface area contributed by atoms with Crippen molar-refractivity contribution in [1.29, 1.82) is 0 Å². The van der Waals surface area contributed by atoms with Crippen molar-refractivity contribution in [1.82, 2.24) is 4.90 Å². The van der Waals surface area contributed by atoms with E-state index in [-0.39, 0.29) is 0 Å². The zero-order valence-electron chi connectivity index (χ0n) is 9.44. The van der Waals surface area contributed by atoms with Gasteiger partial charge in [0.25, 0.3) is 0 Å². The average Bonchev–Trinajstić information content (AvgIpc) is 2.27. The Morgan fingerprint density at radius 2 is 1.93 bits per heavy atom. The Morgan fingerprint density at radius 1 is 1.27 bits per heavy atom. The van der Waals surface area contributed by atoms with Crippen LogP contribution >= 0.6 is 12.6 Å². The summed E-state index contributed by atoms with van der Waals surface area (Å²) < 4.78 is 5.12. The van der Waals surface area contributed by atoms with Crippen molar-refractivity contribution in [2.24, 2.45) is 0 Å². The average molecular weight is 225 g/mol. The van der Waals surface area contributed by atoms with Crippen molar-refractivity contribution >= 4 is 12.6 Å². The Morgan fingerprint density at radius 3 is 2.47 bits per heavy atom. The van der Waals surface area contributed by atoms with E-state index >= 15 is 0 Å². The Kier molecular flexibility index (Phi) is 5.58. The quantitative estimate of drug-likeness (QED) is 0.747. The summed E-state index contributed by atoms with van der Waals surface area (Å²) in [5, 5.41) is 0. The lowest BCUT2D eigenvalue weighted by atomic mass is 10.2. The van der Waals surface area contributed by atoms with E-state index in [0.29, 0.717) is 0 Å². The standard InChI is InChI=1S/C12H19NOS/c1-13(8-3-9-15)10-11-4-6-12(14-2)7-5-11/h4-7,15H,3,8-10H2,1-2H3. The molecule has 3 heteroatoms. The first-order chi connectivity index (χ1) is 7.26. The Bertz CT molecular complexity index is 273. The number of methoxy groups -OCH3 is 1. The van der Waals surface area contributed by atoms with Crippen molar-refractivity contribution < 1.29 is 4.74 Å². The molecule has 1 aromatic rings. The Hall–Kier alpha value is -0.670. The molecule has 0 amide bonds. The van der Waals surface area contributed by atoms with Crippen LogP contribution in [0.4, 0.5) is 0 Å². The lowest BCUT2D eigenvalue weighted by Crippen LogP contribution is -2.19. The van der Waals surface area contributed by atoms with Crippen LogP contribution < -0.4 is 4.74 Å². The van der Waals surface area contributed by atoms with Crippen LogP contribution in [0.15, 0.2) is 24.3 Å². The summed E-state index contributed by atoms with van der Waals surface area (Å²) in [7, 11) is 3.82. The number of ether oxygens (including phenoxy) is 1. The minimum Gasteiger partial charge on any atom is -0.497 e. The summed E-state index contributed by atoms with van der Waals surface area (Å²) in [6.45, 7) is 2.08. The predicted molar refractivity (Wildman–Crippen MR) is 67.8 cm³/mol. The molecular weight excluding hydrogens is 206 g/mol. The number of nitrogens with zero attached hydrogens (tertiary/aromatic N) is 1. The van der Waals surface area contributed by atoms with Crippen molar-refractivity contribution in [3.8, 4) is 5.75 Å². The first kappa shape index (κ1) is 12.4. The van der Waals surface area contributed by atoms with Crippen LogP contribution in [0.3, 0.4) is 0 Å². The van der Waals surface area contributed by atoms with Gasteiger partial charge in [-0.3, -0.25) is 0 Å². The molecule has 2 nitrogen and oxygen atoms in total. The highest BCUT2D eigenvalue weighted by Gasteiger charge is 1.99. The van der Waals surface area contributed by atoms with Crippen LogP contribution in [0.1, 0.15) is 12.0 Å². The fraction of sp³-hybridized carbons (Fsp3) is 0.500. The molecule has 0 bridgehead atoms. The third-order valence-electron chi connectivity index (χ3n) is 2.31. The van der Waals surface area contributed by atoms with Crippen LogP contribution in [0.25, 0.3) is 0 Å². The molecule has 0 aliphatic heterocycles. The molecule has 0 saturated carbocycles. The van der Waals surface area contributed by atoms with Gasteiger partial charge in [-0.25, -0.2) is 0 Å². The zero-order valence-corrected chi connectivity index (χ0v) is 10.3. The van der Waals surface area contributed by atoms with Crippen molar-refractivity contribution in [2.75, 3.05) is 26.5 Å². The van der Waals surface area contributed by atoms with E-state index in [1.54, 1.807) is 7.11 Å². The van der Waals surface area contributed by atoms with Crippen LogP contribution in [0.2, 0.25) is 0 Å². The number of hydrogen-bond donors (Lipinski definition) is 1. The molecule has 1 rings (SSSR count). The molecule has 0 spiro atoms. The third kappa shape index (κ3) is 4.58. The van der Waals surface area contributed by atoms with E-state index < -0.39 is 0 Å². The Labute approximate surface area is 97.6 Å². The molecule has 0 heterocycles. The lowest BCUT2D eigenvalue weighted by molar-refractivity contribution is 0.328. The smallest absolute Gasteiger partial charge is 0.118 e. The number of thiol groups is 1. The van der Waals surface area contributed by atoms with E-state index in [0.717, 1.165) is 31.0 Å². The predicted octanol–water partition coefficient (Wildman–Crippen LogP) is 2.45. The summed E-state index contributed by atoms with van der Waals surface area (Å²) in [6, 6.07) is 8.22. The second-order valence-electron chi connectivity index (χ2n) is 3.66. The summed E-state index contributed by atoms with van der Waals surface area (Å²) in [5.41, 5.74) is 1.32. The number of rotatable bonds is 6. The highest BCUT2D eigenvalue weighted by molar-refractivity contribution is 7.80. The third-order valence-corrected chi connectivity index (χ3v) is 2.63. The van der Waals surface area contributed by atoms with Gasteiger partial charge in [0.15, 0.2) is 0 Å². The number of hydrogen-bond acceptors (Lipinski definition) is 3. The molecule has 15 heavy (non-hydrogen) atoms. The number of benzene rings is 1. The molecular formula is C12H19NOS. The molecule has 0 saturated heterocycles. The first-order valence-electron chi connectivity index (χ1n) is 5.18. The molecule has 0 fully saturated rings. The summed E-state index contributed by atoms with van der Waals surface area (Å²) in [4.78, 5) is 2.30. The Balaban J connectivity index is 2.42. The lowest BCUT2D eigenvalue weighted by Gasteiger charge is -2.16. The summed E-state index contributed by atoms with van der Waals surface area (Å²) in [6.07, 6.45) is 1.13. The SMILES string of the molecule is COc1ccc(CN(C)CCCS)cc1. The minimum absolute atomic E-state index is 0.914. The maximum atomic E-state index is 5.12. The fourth-order valence-corrected chi connectivity index (χ4v) is 1.60. The van der Waals surface area contributed by atoms with Crippen LogP contribution in [-0.4, -0.2) is 31.4 Å². The first-order valence-corrected chi connectivity index (χ1v) is 5.82. The van der Waals surface area contributed by atoms with Gasteiger partial charge in [0, 0.05) is 6.54 Å². The normalized spacial score (nSPS) is 10.7. The topological polar surface area (TPSA) is 12.5 Å². The van der Waals surface area contributed by atoms with Crippen LogP contribution in [0.5, 0.6) is 5.75 Å². The molecule has 84 valence electrons. The van der Waals surface area contributed by atoms with E-state index in [4.69, 9.17) is 4.74 Å². The largest absolute Gasteiger partial charge is 0.497 e. The second-order valence-corrected chi connectivity index (χ2v) is 4.11. The van der Waals surface area contributed by atoms with Gasteiger partial charge in [0.1, 0.15) is 5.75 Å². The molecule has 0 aromatic heterocycles. The molecule has 0 N–H and O–H groups in total. The maximum Gasteiger partial charge on any atom is 0.118 e. The van der Waals surface area contributed by atoms with Crippen molar-refractivity contribution in [3.05, 3.63) is 29.8 Å². The highest BCUT2D eigenvalue weighted by Crippen LogP contribution is 2.12. The molecule has 0 aliphatic rings. The zero-order chi connectivity index (χ0) is 11.1. The van der Waals surface area contributed by atoms with Gasteiger partial charge in [0.2, 0.25) is 0 Å². The van der Waals surface area contributed by atoms with Gasteiger partial charge < -0.3 is 9.64 Å². The maximum absolute atomic E-state index is 5.12. The van der Waals surface area contributed by atoms with Crippen molar-refractivity contribution in [2.45, 2.75) is 13.0 Å². The van der Waals surface area contributed by atoms with E-state index in [2.05, 4.69) is 36.7 Å². The van der Waals surface area contributed by atoms with E-state index in [9.17, 15) is 0 Å². The van der Waals surface area contributed by atoms with Gasteiger partial charge in [-0.1, -0.05) is 12.1 Å². The summed E-state index contributed by atoms with van der Waals surface area (Å²) >= 11 is 4.20. The van der Waals surface area contributed by atoms with Crippen LogP contribution in [-0.2, 0) is 6.54 Å². The van der Waals surface area contributed by atoms with E-state index in [1.807, 2.05) is 12.1 Å². The second kappa shape index (κ2) is 6.75. The molecule has 0 radical (unpaired) electrons. The highest BCUT2D eigenvalue weighted by atomic mass is 32.1. The molecule has 1 aromatic carbocycles. The van der Waals surface area contributed by atoms with Gasteiger partial charge in [0.05, 0.1) is 7.11 Å². The molecule has 0 aliphatic carbocycles. The van der Waals surface area contributed by atoms with Gasteiger partial charge in [-0.15, -0.1) is 0 Å².